The molecular weight excluding hydrogens is 307 g/mol. The van der Waals surface area contributed by atoms with Crippen molar-refractivity contribution in [3.63, 3.8) is 0 Å². The number of likely N-dealkylation sites (tertiary alicyclic amines) is 1. The summed E-state index contributed by atoms with van der Waals surface area (Å²) in [5, 5.41) is 7.56. The molecule has 7 heteroatoms. The van der Waals surface area contributed by atoms with Crippen molar-refractivity contribution < 1.29 is 4.39 Å². The summed E-state index contributed by atoms with van der Waals surface area (Å²) in [4.78, 5) is 11.1. The predicted molar refractivity (Wildman–Crippen MR) is 89.4 cm³/mol. The number of nitrogens with one attached hydrogen (secondary N) is 1. The van der Waals surface area contributed by atoms with E-state index < -0.39 is 6.17 Å². The second-order valence-corrected chi connectivity index (χ2v) is 6.82. The van der Waals surface area contributed by atoms with Gasteiger partial charge in [-0.3, -0.25) is 9.58 Å². The minimum Gasteiger partial charge on any atom is -0.368 e. The molecule has 128 valence electrons. The smallest absolute Gasteiger partial charge is 0.133 e. The van der Waals surface area contributed by atoms with E-state index in [2.05, 4.69) is 25.3 Å². The predicted octanol–water partition coefficient (Wildman–Crippen LogP) is 2.11. The molecule has 1 N–H and O–H groups in total. The van der Waals surface area contributed by atoms with Gasteiger partial charge < -0.3 is 5.32 Å². The fraction of sp³-hybridized carbons (Fsp3) is 0.588. The van der Waals surface area contributed by atoms with E-state index in [4.69, 9.17) is 0 Å². The lowest BCUT2D eigenvalue weighted by molar-refractivity contribution is 0.235. The SMILES string of the molecule is Cn1nccc1CN1C[C@@H](F)C[C@H]1CNc1ccnc(C2CC2)n1. The number of halogens is 1. The molecule has 2 aliphatic rings. The quantitative estimate of drug-likeness (QED) is 0.879. The molecule has 24 heavy (non-hydrogen) atoms. The van der Waals surface area contributed by atoms with E-state index in [-0.39, 0.29) is 6.04 Å². The number of rotatable bonds is 6. The first-order chi connectivity index (χ1) is 11.7. The minimum absolute atomic E-state index is 0.161. The molecule has 0 bridgehead atoms. The van der Waals surface area contributed by atoms with Crippen LogP contribution in [0.1, 0.15) is 36.7 Å². The van der Waals surface area contributed by atoms with Gasteiger partial charge in [-0.15, -0.1) is 0 Å². The Labute approximate surface area is 141 Å². The van der Waals surface area contributed by atoms with Gasteiger partial charge in [-0.05, 0) is 31.4 Å². The fourth-order valence-electron chi connectivity index (χ4n) is 3.33. The van der Waals surface area contributed by atoms with Crippen LogP contribution in [0, 0.1) is 0 Å². The normalized spacial score (nSPS) is 24.4. The number of hydrogen-bond donors (Lipinski definition) is 1. The number of anilines is 1. The van der Waals surface area contributed by atoms with E-state index >= 15 is 0 Å². The lowest BCUT2D eigenvalue weighted by Crippen LogP contribution is -2.35. The van der Waals surface area contributed by atoms with Crippen molar-refractivity contribution in [2.24, 2.45) is 7.05 Å². The maximum atomic E-state index is 13.9. The molecule has 2 aromatic heterocycles. The average Bonchev–Trinajstić information content (AvgIpc) is 3.27. The molecule has 3 heterocycles. The zero-order valence-corrected chi connectivity index (χ0v) is 13.9. The molecule has 0 spiro atoms. The van der Waals surface area contributed by atoms with Crippen LogP contribution in [0.3, 0.4) is 0 Å². The lowest BCUT2D eigenvalue weighted by Gasteiger charge is -2.24. The van der Waals surface area contributed by atoms with Crippen molar-refractivity contribution in [3.8, 4) is 0 Å². The summed E-state index contributed by atoms with van der Waals surface area (Å²) in [6, 6.07) is 4.04. The van der Waals surface area contributed by atoms with Crippen LogP contribution in [-0.4, -0.2) is 50.0 Å². The molecule has 2 atom stereocenters. The number of aromatic nitrogens is 4. The minimum atomic E-state index is -0.766. The summed E-state index contributed by atoms with van der Waals surface area (Å²) in [6.07, 6.45) is 5.76. The summed E-state index contributed by atoms with van der Waals surface area (Å²) < 4.78 is 15.8. The van der Waals surface area contributed by atoms with Gasteiger partial charge in [0.1, 0.15) is 17.8 Å². The fourth-order valence-corrected chi connectivity index (χ4v) is 3.33. The molecule has 2 fully saturated rings. The van der Waals surface area contributed by atoms with Gasteiger partial charge in [0.15, 0.2) is 0 Å². The van der Waals surface area contributed by atoms with E-state index in [0.717, 1.165) is 23.9 Å². The van der Waals surface area contributed by atoms with Crippen LogP contribution < -0.4 is 5.32 Å². The van der Waals surface area contributed by atoms with Crippen molar-refractivity contribution in [1.29, 1.82) is 0 Å². The Morgan fingerprint density at radius 1 is 1.29 bits per heavy atom. The number of alkyl halides is 1. The van der Waals surface area contributed by atoms with Crippen LogP contribution in [0.5, 0.6) is 0 Å². The second kappa shape index (κ2) is 6.47. The molecule has 0 unspecified atom stereocenters. The third-order valence-electron chi connectivity index (χ3n) is 4.90. The lowest BCUT2D eigenvalue weighted by atomic mass is 10.2. The average molecular weight is 330 g/mol. The van der Waals surface area contributed by atoms with Crippen LogP contribution in [-0.2, 0) is 13.6 Å². The van der Waals surface area contributed by atoms with Gasteiger partial charge in [-0.2, -0.15) is 5.10 Å². The van der Waals surface area contributed by atoms with E-state index in [0.29, 0.717) is 25.4 Å². The summed E-state index contributed by atoms with van der Waals surface area (Å²) in [5.41, 5.74) is 1.10. The molecule has 4 rings (SSSR count). The zero-order chi connectivity index (χ0) is 16.5. The van der Waals surface area contributed by atoms with Crippen LogP contribution in [0.25, 0.3) is 0 Å². The molecule has 0 radical (unpaired) electrons. The molecule has 0 aromatic carbocycles. The Balaban J connectivity index is 1.38. The second-order valence-electron chi connectivity index (χ2n) is 6.82. The number of hydrogen-bond acceptors (Lipinski definition) is 5. The molecule has 6 nitrogen and oxygen atoms in total. The number of nitrogens with zero attached hydrogens (tertiary/aromatic N) is 5. The van der Waals surface area contributed by atoms with Crippen molar-refractivity contribution in [1.82, 2.24) is 24.6 Å². The van der Waals surface area contributed by atoms with E-state index in [1.807, 2.05) is 30.1 Å². The third-order valence-corrected chi connectivity index (χ3v) is 4.90. The highest BCUT2D eigenvalue weighted by molar-refractivity contribution is 5.34. The molecule has 1 aliphatic carbocycles. The molecule has 1 saturated carbocycles. The summed E-state index contributed by atoms with van der Waals surface area (Å²) in [6.45, 7) is 1.90. The van der Waals surface area contributed by atoms with E-state index in [9.17, 15) is 4.39 Å². The third kappa shape index (κ3) is 3.40. The van der Waals surface area contributed by atoms with Crippen molar-refractivity contribution >= 4 is 5.82 Å². The highest BCUT2D eigenvalue weighted by Gasteiger charge is 2.32. The van der Waals surface area contributed by atoms with Crippen LogP contribution >= 0.6 is 0 Å². The van der Waals surface area contributed by atoms with Gasteiger partial charge in [0, 0.05) is 51.0 Å². The van der Waals surface area contributed by atoms with Gasteiger partial charge in [0.25, 0.3) is 0 Å². The Morgan fingerprint density at radius 3 is 2.92 bits per heavy atom. The van der Waals surface area contributed by atoms with Gasteiger partial charge in [0.05, 0.1) is 5.69 Å². The maximum absolute atomic E-state index is 13.9. The van der Waals surface area contributed by atoms with Gasteiger partial charge >= 0.3 is 0 Å². The number of aryl methyl sites for hydroxylation is 1. The Kier molecular flexibility index (Phi) is 4.18. The van der Waals surface area contributed by atoms with E-state index in [1.54, 1.807) is 6.20 Å². The van der Waals surface area contributed by atoms with Gasteiger partial charge in [-0.25, -0.2) is 14.4 Å². The van der Waals surface area contributed by atoms with Crippen LogP contribution in [0.4, 0.5) is 10.2 Å². The first-order valence-corrected chi connectivity index (χ1v) is 8.61. The molecule has 1 saturated heterocycles. The van der Waals surface area contributed by atoms with Crippen LogP contribution in [0.2, 0.25) is 0 Å². The molecule has 2 aromatic rings. The molecule has 0 amide bonds. The summed E-state index contributed by atoms with van der Waals surface area (Å²) in [7, 11) is 1.92. The first kappa shape index (κ1) is 15.5. The summed E-state index contributed by atoms with van der Waals surface area (Å²) >= 11 is 0. The van der Waals surface area contributed by atoms with Crippen molar-refractivity contribution in [2.45, 2.75) is 43.9 Å². The monoisotopic (exact) mass is 330 g/mol. The standard InChI is InChI=1S/C17H23FN6/c1-23-14(4-7-21-23)11-24-10-13(18)8-15(24)9-20-16-5-6-19-17(22-16)12-2-3-12/h4-7,12-13,15H,2-3,8-11H2,1H3,(H,19,20,22)/t13-,15-/m0/s1. The topological polar surface area (TPSA) is 58.9 Å². The van der Waals surface area contributed by atoms with Crippen molar-refractivity contribution in [3.05, 3.63) is 36.0 Å². The highest BCUT2D eigenvalue weighted by atomic mass is 19.1. The van der Waals surface area contributed by atoms with Gasteiger partial charge in [0.2, 0.25) is 0 Å². The Morgan fingerprint density at radius 2 is 2.17 bits per heavy atom. The van der Waals surface area contributed by atoms with Crippen molar-refractivity contribution in [2.75, 3.05) is 18.4 Å². The Bertz CT molecular complexity index is 698. The highest BCUT2D eigenvalue weighted by Crippen LogP contribution is 2.38. The summed E-state index contributed by atoms with van der Waals surface area (Å²) in [5.74, 6) is 2.31. The largest absolute Gasteiger partial charge is 0.368 e. The zero-order valence-electron chi connectivity index (χ0n) is 13.9. The Hall–Kier alpha value is -2.02. The molecule has 1 aliphatic heterocycles. The maximum Gasteiger partial charge on any atom is 0.133 e. The molecular formula is C17H23FN6. The van der Waals surface area contributed by atoms with Gasteiger partial charge in [-0.1, -0.05) is 0 Å². The van der Waals surface area contributed by atoms with E-state index in [1.165, 1.54) is 12.8 Å². The van der Waals surface area contributed by atoms with Crippen LogP contribution in [0.15, 0.2) is 24.5 Å². The first-order valence-electron chi connectivity index (χ1n) is 8.61.